The van der Waals surface area contributed by atoms with Crippen molar-refractivity contribution in [2.24, 2.45) is 5.92 Å². The van der Waals surface area contributed by atoms with Crippen LogP contribution in [0, 0.1) is 5.92 Å². The molecule has 4 heterocycles. The summed E-state index contributed by atoms with van der Waals surface area (Å²) in [6, 6.07) is 34.4. The molecule has 9 rings (SSSR count). The van der Waals surface area contributed by atoms with Gasteiger partial charge >= 0.3 is 17.6 Å². The SMILES string of the molecule is CC(CO)=C1CCc2ccc(cc2)C2CCC(c3cccc(Cc4ccccc4)c3)CC2CC(=O)OC2c3c(ccc4ccc(=O)oc34)OC(C)(C)C2OC1=O. The molecule has 8 nitrogen and oxygen atoms in total. The number of rotatable bonds is 4. The van der Waals surface area contributed by atoms with Crippen LogP contribution in [-0.2, 0) is 31.9 Å². The van der Waals surface area contributed by atoms with Crippen molar-refractivity contribution in [2.75, 3.05) is 6.61 Å². The Bertz CT molecular complexity index is 2340. The summed E-state index contributed by atoms with van der Waals surface area (Å²) < 4.78 is 25.1. The molecule has 5 atom stereocenters. The highest BCUT2D eigenvalue weighted by atomic mass is 16.6. The molecule has 0 saturated heterocycles. The quantitative estimate of drug-likeness (QED) is 0.110. The highest BCUT2D eigenvalue weighted by Gasteiger charge is 2.51. The maximum absolute atomic E-state index is 14.5. The van der Waals surface area contributed by atoms with Gasteiger partial charge in [-0.15, -0.1) is 0 Å². The lowest BCUT2D eigenvalue weighted by Gasteiger charge is -2.43. The van der Waals surface area contributed by atoms with Crippen LogP contribution in [0.25, 0.3) is 11.0 Å². The molecule has 2 bridgehead atoms. The van der Waals surface area contributed by atoms with Crippen LogP contribution in [0.3, 0.4) is 0 Å². The standard InChI is InChI=1S/C48H48O8/c1-29(28-49)38-20-14-30-12-15-33(16-13-30)39-21-17-36(35-11-7-10-32(25-35)24-31-8-5-4-6-9-31)26-37(39)27-42(51)54-45-43-40(56-48(2,3)46(45)55-47(38)52)22-18-34-19-23-41(50)53-44(34)43/h4-13,15-16,18-19,22-23,25,36-37,39,45-46,49H,14,17,20-21,24,26-28H2,1-3H3. The fraction of sp³-hybridized carbons (Fsp3) is 0.354. The number of aryl methyl sites for hydroxylation is 1. The van der Waals surface area contributed by atoms with E-state index in [0.717, 1.165) is 31.2 Å². The van der Waals surface area contributed by atoms with Gasteiger partial charge in [-0.1, -0.05) is 78.9 Å². The molecular formula is C48H48O8. The molecule has 0 spiro atoms. The molecule has 5 aromatic rings. The maximum Gasteiger partial charge on any atom is 0.336 e. The van der Waals surface area contributed by atoms with Crippen molar-refractivity contribution >= 4 is 22.9 Å². The first-order valence-electron chi connectivity index (χ1n) is 19.7. The van der Waals surface area contributed by atoms with Gasteiger partial charge in [0.25, 0.3) is 0 Å². The highest BCUT2D eigenvalue weighted by molar-refractivity contribution is 5.90. The molecule has 1 N–H and O–H groups in total. The summed E-state index contributed by atoms with van der Waals surface area (Å²) in [5.41, 5.74) is 5.74. The van der Waals surface area contributed by atoms with E-state index in [1.807, 2.05) is 6.07 Å². The van der Waals surface area contributed by atoms with E-state index in [2.05, 4.69) is 72.8 Å². The number of hydrogen-bond donors (Lipinski definition) is 1. The molecule has 1 fully saturated rings. The minimum absolute atomic E-state index is 0.0294. The summed E-state index contributed by atoms with van der Waals surface area (Å²) in [5, 5.41) is 10.8. The molecule has 1 aliphatic carbocycles. The normalized spacial score (nSPS) is 24.5. The topological polar surface area (TPSA) is 112 Å². The Hall–Kier alpha value is -5.47. The summed E-state index contributed by atoms with van der Waals surface area (Å²) in [6.07, 6.45) is 2.36. The lowest BCUT2D eigenvalue weighted by atomic mass is 9.68. The Kier molecular flexibility index (Phi) is 10.4. The molecule has 4 aromatic carbocycles. The van der Waals surface area contributed by atoms with Crippen molar-refractivity contribution in [1.29, 1.82) is 0 Å². The van der Waals surface area contributed by atoms with Gasteiger partial charge in [0.15, 0.2) is 12.2 Å². The predicted molar refractivity (Wildman–Crippen MR) is 214 cm³/mol. The Morgan fingerprint density at radius 1 is 0.804 bits per heavy atom. The van der Waals surface area contributed by atoms with E-state index >= 15 is 0 Å². The van der Waals surface area contributed by atoms with E-state index in [9.17, 15) is 19.5 Å². The van der Waals surface area contributed by atoms with E-state index in [-0.39, 0.29) is 36.4 Å². The van der Waals surface area contributed by atoms with Crippen LogP contribution < -0.4 is 10.4 Å². The summed E-state index contributed by atoms with van der Waals surface area (Å²) in [6.45, 7) is 4.97. The van der Waals surface area contributed by atoms with E-state index in [4.69, 9.17) is 18.6 Å². The fourth-order valence-electron chi connectivity index (χ4n) is 9.07. The molecule has 5 unspecified atom stereocenters. The van der Waals surface area contributed by atoms with Crippen molar-refractivity contribution in [3.05, 3.63) is 158 Å². The van der Waals surface area contributed by atoms with Crippen molar-refractivity contribution in [3.63, 3.8) is 0 Å². The van der Waals surface area contributed by atoms with Crippen molar-refractivity contribution in [1.82, 2.24) is 0 Å². The first-order valence-corrected chi connectivity index (χ1v) is 19.7. The molecule has 1 saturated carbocycles. The molecule has 8 heteroatoms. The van der Waals surface area contributed by atoms with Crippen LogP contribution in [0.2, 0.25) is 0 Å². The Balaban J connectivity index is 1.18. The first kappa shape index (κ1) is 37.5. The molecule has 288 valence electrons. The van der Waals surface area contributed by atoms with Crippen molar-refractivity contribution in [2.45, 2.75) is 95.4 Å². The minimum Gasteiger partial charge on any atom is -0.483 e. The predicted octanol–water partition coefficient (Wildman–Crippen LogP) is 9.06. The van der Waals surface area contributed by atoms with Gasteiger partial charge in [0.1, 0.15) is 16.9 Å². The molecule has 1 aromatic heterocycles. The number of ether oxygens (including phenoxy) is 3. The molecule has 56 heavy (non-hydrogen) atoms. The number of hydrogen-bond acceptors (Lipinski definition) is 8. The molecule has 0 radical (unpaired) electrons. The summed E-state index contributed by atoms with van der Waals surface area (Å²) >= 11 is 0. The van der Waals surface area contributed by atoms with Gasteiger partial charge < -0.3 is 23.7 Å². The zero-order valence-corrected chi connectivity index (χ0v) is 32.2. The first-order chi connectivity index (χ1) is 27.1. The van der Waals surface area contributed by atoms with Gasteiger partial charge in [-0.25, -0.2) is 9.59 Å². The third-order valence-electron chi connectivity index (χ3n) is 12.1. The molecule has 0 amide bonds. The van der Waals surface area contributed by atoms with E-state index in [0.29, 0.717) is 40.7 Å². The number of carbonyl (C=O) groups is 2. The Morgan fingerprint density at radius 3 is 2.36 bits per heavy atom. The van der Waals surface area contributed by atoms with Gasteiger partial charge in [0.2, 0.25) is 0 Å². The van der Waals surface area contributed by atoms with Gasteiger partial charge in [0.05, 0.1) is 12.2 Å². The van der Waals surface area contributed by atoms with Crippen molar-refractivity contribution < 1.29 is 33.3 Å². The number of aliphatic hydroxyl groups is 1. The lowest BCUT2D eigenvalue weighted by molar-refractivity contribution is -0.188. The third-order valence-corrected chi connectivity index (χ3v) is 12.1. The summed E-state index contributed by atoms with van der Waals surface area (Å²) in [7, 11) is 0. The average Bonchev–Trinajstić information content (AvgIpc) is 3.19. The van der Waals surface area contributed by atoms with E-state index in [1.54, 1.807) is 39.0 Å². The summed E-state index contributed by atoms with van der Waals surface area (Å²) in [5.74, 6) is -0.319. The van der Waals surface area contributed by atoms with Crippen LogP contribution in [-0.4, -0.2) is 35.4 Å². The number of esters is 2. The highest BCUT2D eigenvalue weighted by Crippen LogP contribution is 2.49. The minimum atomic E-state index is -1.15. The largest absolute Gasteiger partial charge is 0.483 e. The Morgan fingerprint density at radius 2 is 1.57 bits per heavy atom. The van der Waals surface area contributed by atoms with Crippen LogP contribution in [0.5, 0.6) is 5.75 Å². The third kappa shape index (κ3) is 7.67. The fourth-order valence-corrected chi connectivity index (χ4v) is 9.07. The van der Waals surface area contributed by atoms with Gasteiger partial charge in [-0.3, -0.25) is 4.79 Å². The van der Waals surface area contributed by atoms with Crippen molar-refractivity contribution in [3.8, 4) is 5.75 Å². The molecule has 4 aliphatic rings. The lowest BCUT2D eigenvalue weighted by Crippen LogP contribution is -2.52. The van der Waals surface area contributed by atoms with Crippen LogP contribution >= 0.6 is 0 Å². The summed E-state index contributed by atoms with van der Waals surface area (Å²) in [4.78, 5) is 41.3. The van der Waals surface area contributed by atoms with E-state index < -0.39 is 35.4 Å². The number of carbonyl (C=O) groups excluding carboxylic acids is 2. The second-order valence-corrected chi connectivity index (χ2v) is 16.2. The average molecular weight is 753 g/mol. The monoisotopic (exact) mass is 752 g/mol. The number of benzene rings is 4. The number of fused-ring (bicyclic) bond motifs is 11. The van der Waals surface area contributed by atoms with Gasteiger partial charge in [0, 0.05) is 23.4 Å². The Labute approximate surface area is 327 Å². The van der Waals surface area contributed by atoms with Gasteiger partial charge in [-0.05, 0) is 129 Å². The maximum atomic E-state index is 14.5. The van der Waals surface area contributed by atoms with Gasteiger partial charge in [-0.2, -0.15) is 0 Å². The molecular weight excluding hydrogens is 705 g/mol. The van der Waals surface area contributed by atoms with Crippen LogP contribution in [0.15, 0.2) is 123 Å². The zero-order chi connectivity index (χ0) is 39.0. The number of aliphatic hydroxyl groups excluding tert-OH is 1. The van der Waals surface area contributed by atoms with E-state index in [1.165, 1.54) is 28.3 Å². The smallest absolute Gasteiger partial charge is 0.336 e. The second-order valence-electron chi connectivity index (χ2n) is 16.2. The van der Waals surface area contributed by atoms with Crippen LogP contribution in [0.1, 0.15) is 104 Å². The van der Waals surface area contributed by atoms with Crippen LogP contribution in [0.4, 0.5) is 0 Å². The molecule has 3 aliphatic heterocycles. The zero-order valence-electron chi connectivity index (χ0n) is 32.2. The second kappa shape index (κ2) is 15.6.